The fraction of sp³-hybridized carbons (Fsp3) is 0.667. The van der Waals surface area contributed by atoms with Gasteiger partial charge in [0.15, 0.2) is 0 Å². The molecule has 4 amide bonds. The highest BCUT2D eigenvalue weighted by Gasteiger charge is 2.54. The van der Waals surface area contributed by atoms with Crippen molar-refractivity contribution in [3.63, 3.8) is 0 Å². The number of hydrogen-bond acceptors (Lipinski definition) is 4. The molecular formula is C27H41N5O3. The number of amides is 4. The molecule has 8 heteroatoms. The van der Waals surface area contributed by atoms with Crippen LogP contribution in [0.15, 0.2) is 30.3 Å². The van der Waals surface area contributed by atoms with E-state index in [1.165, 1.54) is 19.3 Å². The highest BCUT2D eigenvalue weighted by Crippen LogP contribution is 2.39. The van der Waals surface area contributed by atoms with Crippen LogP contribution in [0.3, 0.4) is 0 Å². The molecule has 2 heterocycles. The first-order chi connectivity index (χ1) is 16.9. The van der Waals surface area contributed by atoms with Crippen LogP contribution in [0, 0.1) is 5.92 Å². The summed E-state index contributed by atoms with van der Waals surface area (Å²) in [6.07, 6.45) is 7.83. The molecule has 3 aliphatic rings. The van der Waals surface area contributed by atoms with Crippen molar-refractivity contribution in [2.24, 2.45) is 5.92 Å². The molecule has 0 aromatic heterocycles. The summed E-state index contributed by atoms with van der Waals surface area (Å²) in [5, 5.41) is 6.18. The number of hydrogen-bond donors (Lipinski definition) is 2. The van der Waals surface area contributed by atoms with E-state index < -0.39 is 5.54 Å². The molecule has 3 fully saturated rings. The maximum absolute atomic E-state index is 13.8. The summed E-state index contributed by atoms with van der Waals surface area (Å²) in [5.74, 6) is 0.282. The first-order valence-corrected chi connectivity index (χ1v) is 13.4. The van der Waals surface area contributed by atoms with Crippen LogP contribution in [0.2, 0.25) is 0 Å². The first-order valence-electron chi connectivity index (χ1n) is 13.4. The van der Waals surface area contributed by atoms with Gasteiger partial charge >= 0.3 is 6.03 Å². The second-order valence-electron chi connectivity index (χ2n) is 10.5. The molecule has 192 valence electrons. The molecule has 4 rings (SSSR count). The summed E-state index contributed by atoms with van der Waals surface area (Å²) in [6, 6.07) is 10.2. The van der Waals surface area contributed by atoms with Gasteiger partial charge in [0.1, 0.15) is 12.1 Å². The van der Waals surface area contributed by atoms with Gasteiger partial charge in [-0.25, -0.2) is 4.79 Å². The Morgan fingerprint density at radius 1 is 1.09 bits per heavy atom. The molecule has 1 atom stereocenters. The Morgan fingerprint density at radius 2 is 1.77 bits per heavy atom. The number of urea groups is 1. The zero-order valence-corrected chi connectivity index (χ0v) is 21.3. The fourth-order valence-electron chi connectivity index (χ4n) is 5.58. The lowest BCUT2D eigenvalue weighted by Gasteiger charge is -2.43. The lowest BCUT2D eigenvalue weighted by atomic mass is 9.85. The van der Waals surface area contributed by atoms with Crippen molar-refractivity contribution < 1.29 is 14.4 Å². The SMILES string of the molecule is CCC(C)CNC(=O)CN1CN(c2ccccc2)C2(CCN(C(=O)NC3CCCCC3)CC2)C1=O. The van der Waals surface area contributed by atoms with Crippen molar-refractivity contribution in [2.75, 3.05) is 37.7 Å². The quantitative estimate of drug-likeness (QED) is 0.623. The van der Waals surface area contributed by atoms with Gasteiger partial charge in [0.2, 0.25) is 5.91 Å². The second kappa shape index (κ2) is 11.3. The Balaban J connectivity index is 1.43. The maximum atomic E-state index is 13.8. The zero-order valence-electron chi connectivity index (χ0n) is 21.3. The van der Waals surface area contributed by atoms with Crippen LogP contribution >= 0.6 is 0 Å². The largest absolute Gasteiger partial charge is 0.354 e. The molecule has 1 aromatic rings. The number of anilines is 1. The van der Waals surface area contributed by atoms with Crippen molar-refractivity contribution in [1.29, 1.82) is 0 Å². The Bertz CT molecular complexity index is 878. The van der Waals surface area contributed by atoms with Gasteiger partial charge in [-0.05, 0) is 43.7 Å². The predicted octanol–water partition coefficient (Wildman–Crippen LogP) is 3.33. The Hall–Kier alpha value is -2.77. The van der Waals surface area contributed by atoms with Gasteiger partial charge in [-0.1, -0.05) is 57.7 Å². The summed E-state index contributed by atoms with van der Waals surface area (Å²) in [4.78, 5) is 45.0. The predicted molar refractivity (Wildman–Crippen MR) is 137 cm³/mol. The molecule has 2 N–H and O–H groups in total. The van der Waals surface area contributed by atoms with Crippen LogP contribution in [0.1, 0.15) is 65.2 Å². The van der Waals surface area contributed by atoms with E-state index in [0.717, 1.165) is 24.9 Å². The lowest BCUT2D eigenvalue weighted by molar-refractivity contribution is -0.137. The zero-order chi connectivity index (χ0) is 24.8. The van der Waals surface area contributed by atoms with Crippen LogP contribution < -0.4 is 15.5 Å². The molecular weight excluding hydrogens is 442 g/mol. The summed E-state index contributed by atoms with van der Waals surface area (Å²) >= 11 is 0. The maximum Gasteiger partial charge on any atom is 0.317 e. The molecule has 1 aromatic carbocycles. The molecule has 0 radical (unpaired) electrons. The van der Waals surface area contributed by atoms with Crippen molar-refractivity contribution in [3.8, 4) is 0 Å². The Morgan fingerprint density at radius 3 is 2.43 bits per heavy atom. The Kier molecular flexibility index (Phi) is 8.19. The third kappa shape index (κ3) is 5.73. The van der Waals surface area contributed by atoms with Gasteiger partial charge in [0.25, 0.3) is 5.91 Å². The van der Waals surface area contributed by atoms with Crippen molar-refractivity contribution in [3.05, 3.63) is 30.3 Å². The molecule has 1 unspecified atom stereocenters. The van der Waals surface area contributed by atoms with Gasteiger partial charge in [-0.3, -0.25) is 9.59 Å². The minimum absolute atomic E-state index is 0.00705. The minimum atomic E-state index is -0.722. The summed E-state index contributed by atoms with van der Waals surface area (Å²) in [6.45, 7) is 6.33. The normalized spacial score (nSPS) is 21.3. The van der Waals surface area contributed by atoms with Crippen LogP contribution in [-0.2, 0) is 9.59 Å². The number of rotatable bonds is 7. The van der Waals surface area contributed by atoms with Crippen molar-refractivity contribution in [2.45, 2.75) is 76.8 Å². The van der Waals surface area contributed by atoms with E-state index in [9.17, 15) is 14.4 Å². The standard InChI is InChI=1S/C27H41N5O3/c1-3-21(2)18-28-24(33)19-31-20-32(23-12-8-5-9-13-23)27(25(31)34)14-16-30(17-15-27)26(35)29-22-10-6-4-7-11-22/h5,8-9,12-13,21-22H,3-4,6-7,10-11,14-20H2,1-2H3,(H,28,33)(H,29,35). The van der Waals surface area contributed by atoms with Crippen molar-refractivity contribution >= 4 is 23.5 Å². The lowest BCUT2D eigenvalue weighted by Crippen LogP contribution is -2.59. The van der Waals surface area contributed by atoms with Crippen LogP contribution in [0.25, 0.3) is 0 Å². The van der Waals surface area contributed by atoms with E-state index in [1.54, 1.807) is 4.90 Å². The number of carbonyl (C=O) groups excluding carboxylic acids is 3. The minimum Gasteiger partial charge on any atom is -0.354 e. The summed E-state index contributed by atoms with van der Waals surface area (Å²) in [7, 11) is 0. The number of nitrogens with one attached hydrogen (secondary N) is 2. The summed E-state index contributed by atoms with van der Waals surface area (Å²) in [5.41, 5.74) is 0.253. The third-order valence-electron chi connectivity index (χ3n) is 8.07. The number of nitrogens with zero attached hydrogens (tertiary/aromatic N) is 3. The fourth-order valence-corrected chi connectivity index (χ4v) is 5.58. The molecule has 1 spiro atoms. The molecule has 35 heavy (non-hydrogen) atoms. The van der Waals surface area contributed by atoms with Gasteiger partial charge < -0.3 is 25.3 Å². The van der Waals surface area contributed by atoms with Gasteiger partial charge in [0.05, 0.1) is 6.67 Å². The number of piperidine rings is 1. The highest BCUT2D eigenvalue weighted by atomic mass is 16.2. The van der Waals surface area contributed by atoms with E-state index in [4.69, 9.17) is 0 Å². The van der Waals surface area contributed by atoms with Gasteiger partial charge in [-0.2, -0.15) is 0 Å². The smallest absolute Gasteiger partial charge is 0.317 e. The average molecular weight is 484 g/mol. The van der Waals surface area contributed by atoms with E-state index >= 15 is 0 Å². The molecule has 2 saturated heterocycles. The molecule has 8 nitrogen and oxygen atoms in total. The van der Waals surface area contributed by atoms with Crippen LogP contribution in [-0.4, -0.2) is 72.1 Å². The topological polar surface area (TPSA) is 85.0 Å². The molecule has 2 aliphatic heterocycles. The number of benzene rings is 1. The Labute approximate surface area is 209 Å². The van der Waals surface area contributed by atoms with Gasteiger partial charge in [-0.15, -0.1) is 0 Å². The number of para-hydroxylation sites is 1. The molecule has 0 bridgehead atoms. The van der Waals surface area contributed by atoms with E-state index in [0.29, 0.717) is 45.1 Å². The number of carbonyl (C=O) groups is 3. The number of likely N-dealkylation sites (tertiary alicyclic amines) is 1. The van der Waals surface area contributed by atoms with Crippen LogP contribution in [0.4, 0.5) is 10.5 Å². The third-order valence-corrected chi connectivity index (χ3v) is 8.07. The monoisotopic (exact) mass is 483 g/mol. The van der Waals surface area contributed by atoms with E-state index in [-0.39, 0.29) is 30.4 Å². The van der Waals surface area contributed by atoms with Gasteiger partial charge in [0, 0.05) is 31.4 Å². The van der Waals surface area contributed by atoms with Crippen molar-refractivity contribution in [1.82, 2.24) is 20.4 Å². The molecule has 1 aliphatic carbocycles. The molecule has 1 saturated carbocycles. The van der Waals surface area contributed by atoms with E-state index in [2.05, 4.69) is 29.4 Å². The second-order valence-corrected chi connectivity index (χ2v) is 10.5. The highest BCUT2D eigenvalue weighted by molar-refractivity contribution is 5.96. The summed E-state index contributed by atoms with van der Waals surface area (Å²) < 4.78 is 0. The van der Waals surface area contributed by atoms with Crippen LogP contribution in [0.5, 0.6) is 0 Å². The van der Waals surface area contributed by atoms with E-state index in [1.807, 2.05) is 35.2 Å². The first kappa shape index (κ1) is 25.3. The average Bonchev–Trinajstić information content (AvgIpc) is 3.14.